The Hall–Kier alpha value is -2.08. The van der Waals surface area contributed by atoms with E-state index in [2.05, 4.69) is 21.1 Å². The molecule has 0 heterocycles. The predicted molar refractivity (Wildman–Crippen MR) is 121 cm³/mol. The molecule has 7 heteroatoms. The smallest absolute Gasteiger partial charge is 0.171 e. The van der Waals surface area contributed by atoms with E-state index in [0.717, 1.165) is 21.0 Å². The van der Waals surface area contributed by atoms with Crippen LogP contribution in [0.25, 0.3) is 10.8 Å². The number of hydrogen-bond donors (Lipinski definition) is 0. The second kappa shape index (κ2) is 9.61. The van der Waals surface area contributed by atoms with E-state index >= 15 is 0 Å². The van der Waals surface area contributed by atoms with Crippen LogP contribution >= 0.6 is 39.1 Å². The summed E-state index contributed by atoms with van der Waals surface area (Å²) in [6.45, 7) is 1.90. The number of nitrogens with zero attached hydrogens (tertiary/aromatic N) is 1. The number of fused-ring (bicyclic) bond motifs is 1. The average molecular weight is 495 g/mol. The maximum absolute atomic E-state index is 12.7. The summed E-state index contributed by atoms with van der Waals surface area (Å²) in [5.41, 5.74) is 1.25. The lowest BCUT2D eigenvalue weighted by atomic mass is 9.97. The summed E-state index contributed by atoms with van der Waals surface area (Å²) in [4.78, 5) is 18.0. The molecule has 0 amide bonds. The van der Waals surface area contributed by atoms with Gasteiger partial charge in [0.15, 0.2) is 5.78 Å². The van der Waals surface area contributed by atoms with E-state index in [1.165, 1.54) is 6.21 Å². The van der Waals surface area contributed by atoms with Crippen molar-refractivity contribution < 1.29 is 14.4 Å². The van der Waals surface area contributed by atoms with Crippen LogP contribution in [-0.4, -0.2) is 19.1 Å². The number of hydrogen-bond acceptors (Lipinski definition) is 4. The third-order valence-corrected chi connectivity index (χ3v) is 5.99. The Morgan fingerprint density at radius 3 is 2.59 bits per heavy atom. The zero-order valence-electron chi connectivity index (χ0n) is 15.8. The minimum Gasteiger partial charge on any atom is -0.496 e. The van der Waals surface area contributed by atoms with Crippen molar-refractivity contribution in [2.24, 2.45) is 11.1 Å². The number of carbonyl (C=O) groups is 1. The number of rotatable bonds is 7. The van der Waals surface area contributed by atoms with E-state index in [9.17, 15) is 4.79 Å². The molecule has 0 aromatic heterocycles. The van der Waals surface area contributed by atoms with Crippen LogP contribution in [0.1, 0.15) is 22.8 Å². The fourth-order valence-corrected chi connectivity index (χ4v) is 3.98. The second-order valence-corrected chi connectivity index (χ2v) is 8.01. The molecule has 0 aliphatic carbocycles. The first-order valence-electron chi connectivity index (χ1n) is 8.81. The molecule has 0 unspecified atom stereocenters. The Morgan fingerprint density at radius 1 is 1.17 bits per heavy atom. The lowest BCUT2D eigenvalue weighted by Crippen LogP contribution is -2.12. The normalized spacial score (nSPS) is 12.3. The lowest BCUT2D eigenvalue weighted by molar-refractivity contribution is 0.0955. The van der Waals surface area contributed by atoms with E-state index in [4.69, 9.17) is 32.8 Å². The van der Waals surface area contributed by atoms with E-state index in [-0.39, 0.29) is 12.4 Å². The van der Waals surface area contributed by atoms with Crippen LogP contribution in [0.15, 0.2) is 58.2 Å². The number of benzene rings is 3. The standard InChI is InChI=1S/C22H18BrCl2NO3/c1-13(11-26-29-12-17-18(24)4-3-5-19(17)25)22(27)15-6-8-16-14(10-15)7-9-20(28-2)21(16)23/h3-11,13H,12H2,1-2H3/b26-11-/t13-/m0/s1. The highest BCUT2D eigenvalue weighted by molar-refractivity contribution is 9.10. The number of Topliss-reactive ketones (excluding diaryl/α,β-unsaturated/α-hetero) is 1. The van der Waals surface area contributed by atoms with Gasteiger partial charge in [0.25, 0.3) is 0 Å². The Morgan fingerprint density at radius 2 is 1.90 bits per heavy atom. The molecule has 0 saturated carbocycles. The minimum absolute atomic E-state index is 0.0537. The monoisotopic (exact) mass is 493 g/mol. The van der Waals surface area contributed by atoms with E-state index in [1.54, 1.807) is 38.3 Å². The van der Waals surface area contributed by atoms with Gasteiger partial charge in [-0.1, -0.05) is 52.6 Å². The fraction of sp³-hybridized carbons (Fsp3) is 0.182. The second-order valence-electron chi connectivity index (χ2n) is 6.40. The van der Waals surface area contributed by atoms with Gasteiger partial charge in [-0.15, -0.1) is 0 Å². The first-order valence-corrected chi connectivity index (χ1v) is 10.4. The average Bonchev–Trinajstić information content (AvgIpc) is 2.72. The molecule has 3 aromatic carbocycles. The third kappa shape index (κ3) is 4.92. The van der Waals surface area contributed by atoms with Gasteiger partial charge in [-0.3, -0.25) is 4.79 Å². The zero-order chi connectivity index (χ0) is 21.0. The highest BCUT2D eigenvalue weighted by Gasteiger charge is 2.15. The number of ketones is 1. The maximum atomic E-state index is 12.7. The van der Waals surface area contributed by atoms with Crippen molar-refractivity contribution in [3.63, 3.8) is 0 Å². The molecule has 0 radical (unpaired) electrons. The van der Waals surface area contributed by atoms with Crippen LogP contribution in [0.5, 0.6) is 5.75 Å². The van der Waals surface area contributed by atoms with Crippen molar-refractivity contribution in [2.75, 3.05) is 7.11 Å². The molecule has 150 valence electrons. The first kappa shape index (κ1) is 21.6. The van der Waals surface area contributed by atoms with Gasteiger partial charge in [-0.25, -0.2) is 0 Å². The van der Waals surface area contributed by atoms with Crippen molar-refractivity contribution in [1.29, 1.82) is 0 Å². The van der Waals surface area contributed by atoms with Gasteiger partial charge in [-0.2, -0.15) is 0 Å². The fourth-order valence-electron chi connectivity index (χ4n) is 2.82. The molecule has 0 aliphatic heterocycles. The minimum atomic E-state index is -0.448. The van der Waals surface area contributed by atoms with Gasteiger partial charge in [0.1, 0.15) is 12.4 Å². The largest absolute Gasteiger partial charge is 0.496 e. The summed E-state index contributed by atoms with van der Waals surface area (Å²) in [5, 5.41) is 6.84. The van der Waals surface area contributed by atoms with Crippen molar-refractivity contribution in [3.05, 3.63) is 74.2 Å². The molecule has 0 N–H and O–H groups in total. The van der Waals surface area contributed by atoms with Gasteiger partial charge in [0.05, 0.1) is 23.7 Å². The summed E-state index contributed by atoms with van der Waals surface area (Å²) in [5.74, 6) is 0.241. The number of carbonyl (C=O) groups excluding carboxylic acids is 1. The SMILES string of the molecule is COc1ccc2cc(C(=O)[C@@H](C)/C=N\OCc3c(Cl)cccc3Cl)ccc2c1Br. The highest BCUT2D eigenvalue weighted by Crippen LogP contribution is 2.33. The summed E-state index contributed by atoms with van der Waals surface area (Å²) >= 11 is 15.7. The number of halogens is 3. The number of oxime groups is 1. The Labute approximate surface area is 187 Å². The van der Waals surface area contributed by atoms with Crippen LogP contribution < -0.4 is 4.74 Å². The van der Waals surface area contributed by atoms with Crippen LogP contribution in [0, 0.1) is 5.92 Å². The van der Waals surface area contributed by atoms with Crippen molar-refractivity contribution in [3.8, 4) is 5.75 Å². The molecule has 0 fully saturated rings. The molecule has 1 atom stereocenters. The Bertz CT molecular complexity index is 1060. The summed E-state index contributed by atoms with van der Waals surface area (Å²) in [6.07, 6.45) is 1.47. The third-order valence-electron chi connectivity index (χ3n) is 4.47. The molecular weight excluding hydrogens is 477 g/mol. The van der Waals surface area contributed by atoms with E-state index < -0.39 is 5.92 Å². The quantitative estimate of drug-likeness (QED) is 0.203. The topological polar surface area (TPSA) is 47.9 Å². The van der Waals surface area contributed by atoms with E-state index in [0.29, 0.717) is 21.2 Å². The molecule has 4 nitrogen and oxygen atoms in total. The van der Waals surface area contributed by atoms with Crippen molar-refractivity contribution >= 4 is 61.9 Å². The number of methoxy groups -OCH3 is 1. The zero-order valence-corrected chi connectivity index (χ0v) is 18.9. The van der Waals surface area contributed by atoms with Crippen LogP contribution in [0.4, 0.5) is 0 Å². The summed E-state index contributed by atoms with van der Waals surface area (Å²) < 4.78 is 6.17. The highest BCUT2D eigenvalue weighted by atomic mass is 79.9. The molecule has 3 rings (SSSR count). The molecule has 0 bridgehead atoms. The Kier molecular flexibility index (Phi) is 7.17. The van der Waals surface area contributed by atoms with Crippen LogP contribution in [0.3, 0.4) is 0 Å². The molecule has 0 saturated heterocycles. The maximum Gasteiger partial charge on any atom is 0.171 e. The molecular formula is C22H18BrCl2NO3. The molecule has 0 aliphatic rings. The van der Waals surface area contributed by atoms with Gasteiger partial charge >= 0.3 is 0 Å². The number of ether oxygens (including phenoxy) is 1. The summed E-state index contributed by atoms with van der Waals surface area (Å²) in [7, 11) is 1.62. The van der Waals surface area contributed by atoms with Gasteiger partial charge in [-0.05, 0) is 57.9 Å². The predicted octanol–water partition coefficient (Wildman–Crippen LogP) is 6.94. The summed E-state index contributed by atoms with van der Waals surface area (Å²) in [6, 6.07) is 14.6. The van der Waals surface area contributed by atoms with Crippen LogP contribution in [-0.2, 0) is 11.4 Å². The van der Waals surface area contributed by atoms with Gasteiger partial charge in [0.2, 0.25) is 0 Å². The van der Waals surface area contributed by atoms with Gasteiger partial charge in [0, 0.05) is 21.2 Å². The van der Waals surface area contributed by atoms with Gasteiger partial charge < -0.3 is 9.57 Å². The van der Waals surface area contributed by atoms with Crippen molar-refractivity contribution in [2.45, 2.75) is 13.5 Å². The molecule has 3 aromatic rings. The lowest BCUT2D eigenvalue weighted by Gasteiger charge is -2.10. The molecule has 0 spiro atoms. The first-order chi connectivity index (χ1) is 13.9. The van der Waals surface area contributed by atoms with Crippen molar-refractivity contribution in [1.82, 2.24) is 0 Å². The molecule has 29 heavy (non-hydrogen) atoms. The van der Waals surface area contributed by atoms with E-state index in [1.807, 2.05) is 24.3 Å². The Balaban J connectivity index is 1.69. The van der Waals surface area contributed by atoms with Crippen LogP contribution in [0.2, 0.25) is 10.0 Å².